The topological polar surface area (TPSA) is 128 Å². The Morgan fingerprint density at radius 2 is 1.48 bits per heavy atom. The van der Waals surface area contributed by atoms with Crippen LogP contribution in [-0.4, -0.2) is 41.5 Å². The van der Waals surface area contributed by atoms with Crippen LogP contribution in [0, 0.1) is 5.92 Å². The molecule has 2 aromatic rings. The van der Waals surface area contributed by atoms with Gasteiger partial charge in [0.05, 0.1) is 5.92 Å². The molecule has 3 rings (SSSR count). The van der Waals surface area contributed by atoms with Gasteiger partial charge >= 0.3 is 18.1 Å². The standard InChI is InChI=1S/C22H23N3O6/c23-21(28)24-12-17-11-18(20(27)30-13-15-7-3-1-4-8-15)25(19(17)26)22(29)31-14-16-9-5-2-6-10-16/h1-10,17-18H,11-14H2,(H3,23,24,28)/t17?,18-/m0/s1. The summed E-state index contributed by atoms with van der Waals surface area (Å²) >= 11 is 0. The number of esters is 1. The van der Waals surface area contributed by atoms with Gasteiger partial charge < -0.3 is 20.5 Å². The molecule has 1 fully saturated rings. The van der Waals surface area contributed by atoms with Gasteiger partial charge in [-0.25, -0.2) is 19.3 Å². The van der Waals surface area contributed by atoms with Crippen molar-refractivity contribution in [2.75, 3.05) is 6.54 Å². The van der Waals surface area contributed by atoms with Gasteiger partial charge in [-0.1, -0.05) is 60.7 Å². The molecule has 0 spiro atoms. The quantitative estimate of drug-likeness (QED) is 0.653. The number of rotatable bonds is 7. The van der Waals surface area contributed by atoms with Gasteiger partial charge in [0, 0.05) is 6.54 Å². The second-order valence-corrected chi connectivity index (χ2v) is 7.04. The fraction of sp³-hybridized carbons (Fsp3) is 0.273. The largest absolute Gasteiger partial charge is 0.459 e. The van der Waals surface area contributed by atoms with Crippen molar-refractivity contribution in [2.24, 2.45) is 11.7 Å². The second-order valence-electron chi connectivity index (χ2n) is 7.04. The molecule has 0 aromatic heterocycles. The van der Waals surface area contributed by atoms with Crippen molar-refractivity contribution in [2.45, 2.75) is 25.7 Å². The second kappa shape index (κ2) is 10.2. The molecule has 0 saturated carbocycles. The number of carbonyl (C=O) groups is 4. The highest BCUT2D eigenvalue weighted by molar-refractivity contribution is 6.00. The average Bonchev–Trinajstić information content (AvgIpc) is 3.12. The molecule has 1 aliphatic rings. The first-order valence-corrected chi connectivity index (χ1v) is 9.73. The Balaban J connectivity index is 1.69. The summed E-state index contributed by atoms with van der Waals surface area (Å²) < 4.78 is 10.6. The Labute approximate surface area is 179 Å². The molecular formula is C22H23N3O6. The summed E-state index contributed by atoms with van der Waals surface area (Å²) in [4.78, 5) is 49.9. The summed E-state index contributed by atoms with van der Waals surface area (Å²) in [7, 11) is 0. The summed E-state index contributed by atoms with van der Waals surface area (Å²) in [6.07, 6.45) is -0.954. The van der Waals surface area contributed by atoms with E-state index in [9.17, 15) is 19.2 Å². The first kappa shape index (κ1) is 21.8. The van der Waals surface area contributed by atoms with Crippen molar-refractivity contribution in [3.8, 4) is 0 Å². The molecule has 31 heavy (non-hydrogen) atoms. The smallest absolute Gasteiger partial charge is 0.417 e. The molecule has 9 nitrogen and oxygen atoms in total. The van der Waals surface area contributed by atoms with Crippen LogP contribution >= 0.6 is 0 Å². The third-order valence-corrected chi connectivity index (χ3v) is 4.83. The van der Waals surface area contributed by atoms with Gasteiger partial charge in [-0.2, -0.15) is 0 Å². The first-order valence-electron chi connectivity index (χ1n) is 9.73. The van der Waals surface area contributed by atoms with Gasteiger partial charge in [0.25, 0.3) is 0 Å². The number of hydrogen-bond donors (Lipinski definition) is 2. The van der Waals surface area contributed by atoms with Gasteiger partial charge in [-0.3, -0.25) is 4.79 Å². The molecular weight excluding hydrogens is 402 g/mol. The Hall–Kier alpha value is -3.88. The predicted octanol–water partition coefficient (Wildman–Crippen LogP) is 1.95. The van der Waals surface area contributed by atoms with Gasteiger partial charge in [-0.05, 0) is 17.5 Å². The van der Waals surface area contributed by atoms with E-state index in [1.807, 2.05) is 12.1 Å². The Bertz CT molecular complexity index is 935. The lowest BCUT2D eigenvalue weighted by Crippen LogP contribution is -2.44. The highest BCUT2D eigenvalue weighted by Gasteiger charge is 2.48. The molecule has 1 heterocycles. The highest BCUT2D eigenvalue weighted by atomic mass is 16.6. The van der Waals surface area contributed by atoms with Crippen molar-refractivity contribution in [3.63, 3.8) is 0 Å². The van der Waals surface area contributed by atoms with Crippen LogP contribution in [0.25, 0.3) is 0 Å². The van der Waals surface area contributed by atoms with Crippen LogP contribution < -0.4 is 11.1 Å². The van der Waals surface area contributed by atoms with E-state index < -0.39 is 36.0 Å². The number of carbonyl (C=O) groups excluding carboxylic acids is 4. The number of primary amides is 1. The fourth-order valence-electron chi connectivity index (χ4n) is 3.25. The molecule has 1 aliphatic heterocycles. The number of imide groups is 1. The third-order valence-electron chi connectivity index (χ3n) is 4.83. The van der Waals surface area contributed by atoms with Gasteiger partial charge in [-0.15, -0.1) is 0 Å². The highest BCUT2D eigenvalue weighted by Crippen LogP contribution is 2.27. The van der Waals surface area contributed by atoms with E-state index in [-0.39, 0.29) is 26.2 Å². The zero-order valence-corrected chi connectivity index (χ0v) is 16.7. The van der Waals surface area contributed by atoms with Gasteiger partial charge in [0.2, 0.25) is 5.91 Å². The first-order chi connectivity index (χ1) is 15.0. The summed E-state index contributed by atoms with van der Waals surface area (Å²) in [5.74, 6) is -2.16. The van der Waals surface area contributed by atoms with Crippen LogP contribution in [0.1, 0.15) is 17.5 Å². The van der Waals surface area contributed by atoms with Crippen molar-refractivity contribution in [3.05, 3.63) is 71.8 Å². The maximum absolute atomic E-state index is 12.8. The molecule has 1 saturated heterocycles. The number of nitrogens with zero attached hydrogens (tertiary/aromatic N) is 1. The molecule has 0 bridgehead atoms. The van der Waals surface area contributed by atoms with E-state index in [4.69, 9.17) is 15.2 Å². The molecule has 4 amide bonds. The van der Waals surface area contributed by atoms with Crippen LogP contribution in [0.15, 0.2) is 60.7 Å². The number of nitrogens with one attached hydrogen (secondary N) is 1. The predicted molar refractivity (Wildman–Crippen MR) is 109 cm³/mol. The van der Waals surface area contributed by atoms with E-state index in [2.05, 4.69) is 5.32 Å². The minimum absolute atomic E-state index is 0.00146. The van der Waals surface area contributed by atoms with E-state index in [0.29, 0.717) is 0 Å². The fourth-order valence-corrected chi connectivity index (χ4v) is 3.25. The molecule has 0 aliphatic carbocycles. The lowest BCUT2D eigenvalue weighted by atomic mass is 10.1. The molecule has 1 unspecified atom stereocenters. The lowest BCUT2D eigenvalue weighted by molar-refractivity contribution is -0.152. The van der Waals surface area contributed by atoms with Crippen LogP contribution in [0.4, 0.5) is 9.59 Å². The lowest BCUT2D eigenvalue weighted by Gasteiger charge is -2.21. The van der Waals surface area contributed by atoms with Crippen molar-refractivity contribution in [1.29, 1.82) is 0 Å². The molecule has 2 aromatic carbocycles. The number of hydrogen-bond acceptors (Lipinski definition) is 6. The summed E-state index contributed by atoms with van der Waals surface area (Å²) in [5, 5.41) is 2.34. The minimum atomic E-state index is -1.15. The van der Waals surface area contributed by atoms with Gasteiger partial charge in [0.15, 0.2) is 0 Å². The van der Waals surface area contributed by atoms with Crippen molar-refractivity contribution >= 4 is 24.0 Å². The number of benzene rings is 2. The minimum Gasteiger partial charge on any atom is -0.459 e. The molecule has 162 valence electrons. The van der Waals surface area contributed by atoms with Crippen LogP contribution in [0.5, 0.6) is 0 Å². The average molecular weight is 425 g/mol. The molecule has 0 radical (unpaired) electrons. The summed E-state index contributed by atoms with van der Waals surface area (Å²) in [6.45, 7) is -0.153. The summed E-state index contributed by atoms with van der Waals surface area (Å²) in [5.41, 5.74) is 6.57. The molecule has 3 N–H and O–H groups in total. The number of ether oxygens (including phenoxy) is 2. The van der Waals surface area contributed by atoms with Crippen molar-refractivity contribution in [1.82, 2.24) is 10.2 Å². The number of likely N-dealkylation sites (tertiary alicyclic amines) is 1. The number of amides is 4. The third kappa shape index (κ3) is 5.81. The van der Waals surface area contributed by atoms with Crippen molar-refractivity contribution < 1.29 is 28.7 Å². The maximum atomic E-state index is 12.8. The summed E-state index contributed by atoms with van der Waals surface area (Å²) in [6, 6.07) is 16.0. The SMILES string of the molecule is NC(=O)NCC1C[C@@H](C(=O)OCc2ccccc2)N(C(=O)OCc2ccccc2)C1=O. The normalized spacial score (nSPS) is 17.8. The Morgan fingerprint density at radius 3 is 2.03 bits per heavy atom. The molecule has 9 heteroatoms. The zero-order chi connectivity index (χ0) is 22.2. The van der Waals surface area contributed by atoms with E-state index in [0.717, 1.165) is 16.0 Å². The number of urea groups is 1. The monoisotopic (exact) mass is 425 g/mol. The Kier molecular flexibility index (Phi) is 7.21. The van der Waals surface area contributed by atoms with Gasteiger partial charge in [0.1, 0.15) is 19.3 Å². The maximum Gasteiger partial charge on any atom is 0.417 e. The van der Waals surface area contributed by atoms with Crippen LogP contribution in [0.3, 0.4) is 0 Å². The Morgan fingerprint density at radius 1 is 0.935 bits per heavy atom. The number of nitrogens with two attached hydrogens (primary N) is 1. The van der Waals surface area contributed by atoms with E-state index in [1.54, 1.807) is 48.5 Å². The van der Waals surface area contributed by atoms with Crippen LogP contribution in [0.2, 0.25) is 0 Å². The zero-order valence-electron chi connectivity index (χ0n) is 16.7. The van der Waals surface area contributed by atoms with E-state index in [1.165, 1.54) is 0 Å². The molecule has 2 atom stereocenters. The van der Waals surface area contributed by atoms with Crippen LogP contribution in [-0.2, 0) is 32.3 Å². The van der Waals surface area contributed by atoms with E-state index >= 15 is 0 Å².